The van der Waals surface area contributed by atoms with E-state index in [4.69, 9.17) is 17.0 Å². The Morgan fingerprint density at radius 1 is 1.05 bits per heavy atom. The summed E-state index contributed by atoms with van der Waals surface area (Å²) in [5.41, 5.74) is 0.837. The number of rotatable bonds is 3. The van der Waals surface area contributed by atoms with Crippen molar-refractivity contribution >= 4 is 40.3 Å². The topological polar surface area (TPSA) is 38.3 Å². The van der Waals surface area contributed by atoms with E-state index in [0.717, 1.165) is 11.3 Å². The molecule has 1 aliphatic heterocycles. The van der Waals surface area contributed by atoms with Gasteiger partial charge in [-0.15, -0.1) is 0 Å². The van der Waals surface area contributed by atoms with Crippen LogP contribution in [0.25, 0.3) is 6.08 Å². The van der Waals surface area contributed by atoms with Gasteiger partial charge in [-0.3, -0.25) is 4.79 Å². The second-order valence-electron chi connectivity index (χ2n) is 4.31. The van der Waals surface area contributed by atoms with Crippen molar-refractivity contribution in [2.75, 3.05) is 0 Å². The molecule has 104 valence electrons. The van der Waals surface area contributed by atoms with E-state index in [0.29, 0.717) is 15.0 Å². The molecule has 21 heavy (non-hydrogen) atoms. The molecule has 0 spiro atoms. The summed E-state index contributed by atoms with van der Waals surface area (Å²) in [6.07, 6.45) is 1.79. The number of carbonyl (C=O) groups is 1. The summed E-state index contributed by atoms with van der Waals surface area (Å²) in [5, 5.41) is 2.60. The maximum absolute atomic E-state index is 11.7. The minimum Gasteiger partial charge on any atom is -0.457 e. The van der Waals surface area contributed by atoms with Crippen LogP contribution in [0.4, 0.5) is 0 Å². The van der Waals surface area contributed by atoms with Crippen molar-refractivity contribution in [1.82, 2.24) is 5.32 Å². The molecule has 1 aliphatic rings. The van der Waals surface area contributed by atoms with Crippen molar-refractivity contribution in [3.63, 3.8) is 0 Å². The predicted molar refractivity (Wildman–Crippen MR) is 89.3 cm³/mol. The zero-order valence-corrected chi connectivity index (χ0v) is 12.5. The number of amides is 1. The van der Waals surface area contributed by atoms with Crippen molar-refractivity contribution in [2.45, 2.75) is 0 Å². The third-order valence-corrected chi connectivity index (χ3v) is 3.98. The number of thioether (sulfide) groups is 1. The second kappa shape index (κ2) is 6.11. The van der Waals surface area contributed by atoms with Crippen LogP contribution in [-0.4, -0.2) is 10.2 Å². The number of para-hydroxylation sites is 2. The summed E-state index contributed by atoms with van der Waals surface area (Å²) in [5.74, 6) is 1.28. The molecule has 0 atom stereocenters. The Kier molecular flexibility index (Phi) is 4.03. The van der Waals surface area contributed by atoms with Crippen molar-refractivity contribution in [2.24, 2.45) is 0 Å². The van der Waals surface area contributed by atoms with Crippen molar-refractivity contribution in [3.8, 4) is 11.5 Å². The average Bonchev–Trinajstić information content (AvgIpc) is 2.80. The zero-order chi connectivity index (χ0) is 14.7. The van der Waals surface area contributed by atoms with Gasteiger partial charge in [0.25, 0.3) is 5.91 Å². The van der Waals surface area contributed by atoms with Crippen LogP contribution < -0.4 is 10.1 Å². The van der Waals surface area contributed by atoms with Crippen molar-refractivity contribution in [3.05, 3.63) is 65.1 Å². The summed E-state index contributed by atoms with van der Waals surface area (Å²) in [7, 11) is 0. The van der Waals surface area contributed by atoms with Gasteiger partial charge in [-0.05, 0) is 24.3 Å². The fraction of sp³-hybridized carbons (Fsp3) is 0. The Labute approximate surface area is 132 Å². The molecule has 0 radical (unpaired) electrons. The van der Waals surface area contributed by atoms with Gasteiger partial charge in [-0.25, -0.2) is 0 Å². The molecular weight excluding hydrogens is 302 g/mol. The Balaban J connectivity index is 1.92. The molecule has 5 heteroatoms. The van der Waals surface area contributed by atoms with Gasteiger partial charge in [-0.1, -0.05) is 60.4 Å². The lowest BCUT2D eigenvalue weighted by molar-refractivity contribution is -0.115. The average molecular weight is 313 g/mol. The molecule has 0 aliphatic carbocycles. The fourth-order valence-electron chi connectivity index (χ4n) is 1.87. The smallest absolute Gasteiger partial charge is 0.263 e. The van der Waals surface area contributed by atoms with Crippen LogP contribution in [0, 0.1) is 0 Å². The van der Waals surface area contributed by atoms with Crippen LogP contribution in [0.2, 0.25) is 0 Å². The highest BCUT2D eigenvalue weighted by atomic mass is 32.2. The van der Waals surface area contributed by atoms with Gasteiger partial charge in [0.05, 0.1) is 4.91 Å². The normalized spacial score (nSPS) is 16.1. The molecule has 1 N–H and O–H groups in total. The maximum Gasteiger partial charge on any atom is 0.263 e. The lowest BCUT2D eigenvalue weighted by Gasteiger charge is -2.08. The van der Waals surface area contributed by atoms with E-state index in [1.54, 1.807) is 6.08 Å². The highest BCUT2D eigenvalue weighted by Crippen LogP contribution is 2.31. The lowest BCUT2D eigenvalue weighted by Crippen LogP contribution is -2.17. The van der Waals surface area contributed by atoms with Gasteiger partial charge in [0, 0.05) is 5.56 Å². The fourth-order valence-corrected chi connectivity index (χ4v) is 2.91. The first-order valence-electron chi connectivity index (χ1n) is 6.29. The van der Waals surface area contributed by atoms with E-state index in [9.17, 15) is 4.79 Å². The molecule has 1 fully saturated rings. The largest absolute Gasteiger partial charge is 0.457 e. The molecule has 2 aromatic rings. The van der Waals surface area contributed by atoms with Crippen LogP contribution >= 0.6 is 24.0 Å². The van der Waals surface area contributed by atoms with E-state index in [2.05, 4.69) is 5.32 Å². The van der Waals surface area contributed by atoms with E-state index >= 15 is 0 Å². The minimum atomic E-state index is -0.167. The zero-order valence-electron chi connectivity index (χ0n) is 10.9. The first-order valence-corrected chi connectivity index (χ1v) is 7.51. The molecule has 1 amide bonds. The van der Waals surface area contributed by atoms with E-state index in [1.165, 1.54) is 11.8 Å². The van der Waals surface area contributed by atoms with Gasteiger partial charge < -0.3 is 10.1 Å². The van der Waals surface area contributed by atoms with Gasteiger partial charge >= 0.3 is 0 Å². The molecule has 3 rings (SSSR count). The third kappa shape index (κ3) is 3.32. The number of ether oxygens (including phenoxy) is 1. The monoisotopic (exact) mass is 313 g/mol. The van der Waals surface area contributed by atoms with Crippen LogP contribution in [-0.2, 0) is 4.79 Å². The van der Waals surface area contributed by atoms with Crippen LogP contribution in [0.5, 0.6) is 11.5 Å². The number of carbonyl (C=O) groups excluding carboxylic acids is 1. The highest BCUT2D eigenvalue weighted by Gasteiger charge is 2.22. The third-order valence-electron chi connectivity index (χ3n) is 2.82. The molecule has 0 unspecified atom stereocenters. The number of thiocarbonyl (C=S) groups is 1. The van der Waals surface area contributed by atoms with Crippen LogP contribution in [0.1, 0.15) is 5.56 Å². The highest BCUT2D eigenvalue weighted by molar-refractivity contribution is 8.26. The summed E-state index contributed by atoms with van der Waals surface area (Å²) in [6, 6.07) is 17.1. The Hall–Kier alpha value is -2.11. The predicted octanol–water partition coefficient (Wildman–Crippen LogP) is 3.97. The van der Waals surface area contributed by atoms with Crippen LogP contribution in [0.15, 0.2) is 59.5 Å². The van der Waals surface area contributed by atoms with Gasteiger partial charge in [0.1, 0.15) is 15.8 Å². The first kappa shape index (κ1) is 13.9. The van der Waals surface area contributed by atoms with E-state index in [-0.39, 0.29) is 5.91 Å². The molecule has 3 nitrogen and oxygen atoms in total. The Morgan fingerprint density at radius 3 is 2.48 bits per heavy atom. The molecule has 0 saturated carbocycles. The minimum absolute atomic E-state index is 0.167. The van der Waals surface area contributed by atoms with E-state index in [1.807, 2.05) is 54.6 Å². The summed E-state index contributed by atoms with van der Waals surface area (Å²) < 4.78 is 6.34. The van der Waals surface area contributed by atoms with Gasteiger partial charge in [0.2, 0.25) is 0 Å². The Bertz CT molecular complexity index is 726. The molecular formula is C16H11NO2S2. The summed E-state index contributed by atoms with van der Waals surface area (Å²) >= 11 is 6.25. The summed E-state index contributed by atoms with van der Waals surface area (Å²) in [6.45, 7) is 0. The van der Waals surface area contributed by atoms with E-state index < -0.39 is 0 Å². The SMILES string of the molecule is O=C1NC(=S)S/C1=C\c1ccccc1Oc1ccccc1. The standard InChI is InChI=1S/C16H11NO2S2/c18-15-14(21-16(20)17-15)10-11-6-4-5-9-13(11)19-12-7-2-1-3-8-12/h1-10H,(H,17,18,20)/b14-10-. The van der Waals surface area contributed by atoms with Crippen molar-refractivity contribution in [1.29, 1.82) is 0 Å². The number of nitrogens with one attached hydrogen (secondary N) is 1. The molecule has 0 bridgehead atoms. The quantitative estimate of drug-likeness (QED) is 0.687. The number of hydrogen-bond acceptors (Lipinski definition) is 4. The molecule has 1 saturated heterocycles. The van der Waals surface area contributed by atoms with Gasteiger partial charge in [0.15, 0.2) is 0 Å². The maximum atomic E-state index is 11.7. The molecule has 1 heterocycles. The van der Waals surface area contributed by atoms with Crippen molar-refractivity contribution < 1.29 is 9.53 Å². The summed E-state index contributed by atoms with van der Waals surface area (Å²) in [4.78, 5) is 12.3. The molecule has 0 aromatic heterocycles. The molecule has 2 aromatic carbocycles. The first-order chi connectivity index (χ1) is 10.2. The lowest BCUT2D eigenvalue weighted by atomic mass is 10.2. The second-order valence-corrected chi connectivity index (χ2v) is 6.02. The Morgan fingerprint density at radius 2 is 1.76 bits per heavy atom. The number of benzene rings is 2. The van der Waals surface area contributed by atoms with Crippen LogP contribution in [0.3, 0.4) is 0 Å². The number of hydrogen-bond donors (Lipinski definition) is 1. The van der Waals surface area contributed by atoms with Gasteiger partial charge in [-0.2, -0.15) is 0 Å².